The average molecular weight is 355 g/mol. The van der Waals surface area contributed by atoms with Gasteiger partial charge in [-0.3, -0.25) is 9.78 Å². The van der Waals surface area contributed by atoms with Gasteiger partial charge in [0.1, 0.15) is 0 Å². The van der Waals surface area contributed by atoms with E-state index in [0.717, 1.165) is 22.2 Å². The summed E-state index contributed by atoms with van der Waals surface area (Å²) in [6.45, 7) is 0.385. The van der Waals surface area contributed by atoms with Crippen LogP contribution in [0.25, 0.3) is 10.9 Å². The summed E-state index contributed by atoms with van der Waals surface area (Å²) >= 11 is 0. The van der Waals surface area contributed by atoms with E-state index in [1.165, 1.54) is 0 Å². The molecule has 0 fully saturated rings. The Labute approximate surface area is 151 Å². The van der Waals surface area contributed by atoms with Gasteiger partial charge >= 0.3 is 0 Å². The molecule has 0 saturated carbocycles. The number of hydrogen-bond donors (Lipinski definition) is 2. The van der Waals surface area contributed by atoms with Crippen LogP contribution in [0.2, 0.25) is 0 Å². The molecule has 2 aromatic heterocycles. The molecule has 3 rings (SSSR count). The second-order valence-corrected chi connectivity index (χ2v) is 5.66. The van der Waals surface area contributed by atoms with Gasteiger partial charge in [0.05, 0.1) is 45.5 Å². The van der Waals surface area contributed by atoms with Crippen LogP contribution in [-0.2, 0) is 17.8 Å². The molecule has 0 saturated heterocycles. The molecule has 0 atom stereocenters. The maximum absolute atomic E-state index is 12.4. The van der Waals surface area contributed by atoms with Gasteiger partial charge in [0.2, 0.25) is 11.7 Å². The summed E-state index contributed by atoms with van der Waals surface area (Å²) in [5.74, 6) is 1.49. The molecule has 0 spiro atoms. The zero-order valence-corrected chi connectivity index (χ0v) is 15.0. The molecule has 7 heteroatoms. The van der Waals surface area contributed by atoms with E-state index in [9.17, 15) is 4.79 Å². The number of benzene rings is 1. The van der Waals surface area contributed by atoms with Crippen LogP contribution < -0.4 is 19.5 Å². The number of pyridine rings is 1. The molecule has 0 unspecified atom stereocenters. The van der Waals surface area contributed by atoms with Crippen molar-refractivity contribution in [3.63, 3.8) is 0 Å². The molecule has 0 bridgehead atoms. The number of carbonyl (C=O) groups excluding carboxylic acids is 1. The summed E-state index contributed by atoms with van der Waals surface area (Å²) < 4.78 is 16.3. The lowest BCUT2D eigenvalue weighted by molar-refractivity contribution is -0.120. The Hall–Kier alpha value is -3.22. The highest BCUT2D eigenvalue weighted by molar-refractivity contribution is 5.96. The topological polar surface area (TPSA) is 85.5 Å². The van der Waals surface area contributed by atoms with Crippen LogP contribution in [0.15, 0.2) is 36.7 Å². The highest BCUT2D eigenvalue weighted by atomic mass is 16.5. The molecule has 136 valence electrons. The summed E-state index contributed by atoms with van der Waals surface area (Å²) in [6, 6.07) is 7.42. The van der Waals surface area contributed by atoms with Crippen molar-refractivity contribution in [3.8, 4) is 17.2 Å². The van der Waals surface area contributed by atoms with Gasteiger partial charge in [-0.15, -0.1) is 0 Å². The van der Waals surface area contributed by atoms with E-state index in [4.69, 9.17) is 14.2 Å². The number of nitrogens with one attached hydrogen (secondary N) is 2. The number of methoxy groups -OCH3 is 3. The summed E-state index contributed by atoms with van der Waals surface area (Å²) in [6.07, 6.45) is 3.71. The van der Waals surface area contributed by atoms with Crippen LogP contribution in [0.5, 0.6) is 17.2 Å². The summed E-state index contributed by atoms with van der Waals surface area (Å²) in [7, 11) is 4.69. The SMILES string of the molecule is COc1cc2[nH]cc(CC(=O)NCc3ccccn3)c2c(OC)c1OC. The molecule has 2 N–H and O–H groups in total. The molecular weight excluding hydrogens is 334 g/mol. The van der Waals surface area contributed by atoms with Gasteiger partial charge in [0, 0.05) is 23.8 Å². The monoisotopic (exact) mass is 355 g/mol. The number of aromatic amines is 1. The lowest BCUT2D eigenvalue weighted by Crippen LogP contribution is -2.24. The lowest BCUT2D eigenvalue weighted by Gasteiger charge is -2.14. The number of nitrogens with zero attached hydrogens (tertiary/aromatic N) is 1. The third kappa shape index (κ3) is 3.42. The fraction of sp³-hybridized carbons (Fsp3) is 0.263. The van der Waals surface area contributed by atoms with E-state index in [-0.39, 0.29) is 12.3 Å². The zero-order valence-electron chi connectivity index (χ0n) is 15.0. The molecule has 1 aromatic carbocycles. The second-order valence-electron chi connectivity index (χ2n) is 5.66. The Balaban J connectivity index is 1.85. The van der Waals surface area contributed by atoms with Gasteiger partial charge in [-0.25, -0.2) is 0 Å². The molecule has 0 aliphatic carbocycles. The molecule has 2 heterocycles. The lowest BCUT2D eigenvalue weighted by atomic mass is 10.1. The molecular formula is C19H21N3O4. The minimum Gasteiger partial charge on any atom is -0.493 e. The number of aromatic nitrogens is 2. The van der Waals surface area contributed by atoms with Crippen molar-refractivity contribution in [2.75, 3.05) is 21.3 Å². The van der Waals surface area contributed by atoms with Crippen molar-refractivity contribution < 1.29 is 19.0 Å². The fourth-order valence-electron chi connectivity index (χ4n) is 2.89. The van der Waals surface area contributed by atoms with Crippen LogP contribution >= 0.6 is 0 Å². The van der Waals surface area contributed by atoms with Crippen LogP contribution in [0, 0.1) is 0 Å². The van der Waals surface area contributed by atoms with E-state index in [2.05, 4.69) is 15.3 Å². The first-order valence-electron chi connectivity index (χ1n) is 8.13. The van der Waals surface area contributed by atoms with Gasteiger partial charge in [-0.1, -0.05) is 6.07 Å². The maximum atomic E-state index is 12.4. The van der Waals surface area contributed by atoms with Crippen molar-refractivity contribution >= 4 is 16.8 Å². The smallest absolute Gasteiger partial charge is 0.224 e. The molecule has 1 amide bonds. The Kier molecular flexibility index (Phi) is 5.26. The number of amides is 1. The Morgan fingerprint density at radius 3 is 2.62 bits per heavy atom. The van der Waals surface area contributed by atoms with E-state index in [1.807, 2.05) is 24.3 Å². The predicted octanol–water partition coefficient (Wildman–Crippen LogP) is 2.45. The van der Waals surface area contributed by atoms with Crippen molar-refractivity contribution in [2.24, 2.45) is 0 Å². The van der Waals surface area contributed by atoms with E-state index < -0.39 is 0 Å². The van der Waals surface area contributed by atoms with Crippen molar-refractivity contribution in [1.29, 1.82) is 0 Å². The highest BCUT2D eigenvalue weighted by Crippen LogP contribution is 2.44. The Morgan fingerprint density at radius 1 is 1.15 bits per heavy atom. The van der Waals surface area contributed by atoms with Crippen LogP contribution in [0.3, 0.4) is 0 Å². The largest absolute Gasteiger partial charge is 0.493 e. The molecule has 26 heavy (non-hydrogen) atoms. The zero-order chi connectivity index (χ0) is 18.5. The Bertz CT molecular complexity index is 906. The van der Waals surface area contributed by atoms with Gasteiger partial charge in [0.15, 0.2) is 11.5 Å². The summed E-state index contributed by atoms with van der Waals surface area (Å²) in [4.78, 5) is 19.7. The van der Waals surface area contributed by atoms with Crippen molar-refractivity contribution in [1.82, 2.24) is 15.3 Å². The highest BCUT2D eigenvalue weighted by Gasteiger charge is 2.20. The summed E-state index contributed by atoms with van der Waals surface area (Å²) in [5, 5.41) is 3.68. The number of rotatable bonds is 7. The molecule has 0 radical (unpaired) electrons. The first kappa shape index (κ1) is 17.6. The number of hydrogen-bond acceptors (Lipinski definition) is 5. The van der Waals surface area contributed by atoms with Gasteiger partial charge in [0.25, 0.3) is 0 Å². The minimum atomic E-state index is -0.103. The number of H-pyrrole nitrogens is 1. The van der Waals surface area contributed by atoms with Crippen LogP contribution in [-0.4, -0.2) is 37.2 Å². The van der Waals surface area contributed by atoms with Crippen LogP contribution in [0.1, 0.15) is 11.3 Å². The number of fused-ring (bicyclic) bond motifs is 1. The normalized spacial score (nSPS) is 10.6. The maximum Gasteiger partial charge on any atom is 0.224 e. The molecule has 0 aliphatic heterocycles. The quantitative estimate of drug-likeness (QED) is 0.680. The third-order valence-corrected chi connectivity index (χ3v) is 4.10. The predicted molar refractivity (Wildman–Crippen MR) is 97.7 cm³/mol. The average Bonchev–Trinajstić information content (AvgIpc) is 3.07. The van der Waals surface area contributed by atoms with Gasteiger partial charge < -0.3 is 24.5 Å². The molecule has 0 aliphatic rings. The second kappa shape index (κ2) is 7.77. The first-order valence-corrected chi connectivity index (χ1v) is 8.13. The first-order chi connectivity index (χ1) is 12.7. The van der Waals surface area contributed by atoms with E-state index in [1.54, 1.807) is 33.7 Å². The number of carbonyl (C=O) groups is 1. The van der Waals surface area contributed by atoms with Gasteiger partial charge in [-0.2, -0.15) is 0 Å². The minimum absolute atomic E-state index is 0.103. The number of ether oxygens (including phenoxy) is 3. The Morgan fingerprint density at radius 2 is 1.96 bits per heavy atom. The molecule has 7 nitrogen and oxygen atoms in total. The summed E-state index contributed by atoms with van der Waals surface area (Å²) in [5.41, 5.74) is 2.44. The van der Waals surface area contributed by atoms with E-state index >= 15 is 0 Å². The fourth-order valence-corrected chi connectivity index (χ4v) is 2.89. The van der Waals surface area contributed by atoms with E-state index in [0.29, 0.717) is 23.8 Å². The van der Waals surface area contributed by atoms with Gasteiger partial charge in [-0.05, 0) is 17.7 Å². The van der Waals surface area contributed by atoms with Crippen LogP contribution in [0.4, 0.5) is 0 Å². The van der Waals surface area contributed by atoms with Crippen molar-refractivity contribution in [2.45, 2.75) is 13.0 Å². The third-order valence-electron chi connectivity index (χ3n) is 4.10. The standard InChI is InChI=1S/C19H21N3O4/c1-24-15-9-14-17(19(26-3)18(15)25-2)12(10-21-14)8-16(23)22-11-13-6-4-5-7-20-13/h4-7,9-10,21H,8,11H2,1-3H3,(H,22,23). The van der Waals surface area contributed by atoms with Crippen molar-refractivity contribution in [3.05, 3.63) is 47.9 Å². The molecule has 3 aromatic rings.